The number of carbonyl (C=O) groups excluding carboxylic acids is 1. The van der Waals surface area contributed by atoms with E-state index in [0.717, 1.165) is 18.7 Å². The van der Waals surface area contributed by atoms with Crippen molar-refractivity contribution in [3.63, 3.8) is 0 Å². The predicted octanol–water partition coefficient (Wildman–Crippen LogP) is 0.774. The summed E-state index contributed by atoms with van der Waals surface area (Å²) in [5, 5.41) is 0. The van der Waals surface area contributed by atoms with E-state index in [2.05, 4.69) is 16.5 Å². The van der Waals surface area contributed by atoms with Gasteiger partial charge in [-0.2, -0.15) is 0 Å². The minimum atomic E-state index is -0.417. The Balaban J connectivity index is 2.22. The topological polar surface area (TPSA) is 71.8 Å². The molecule has 0 aliphatic carbocycles. The first-order chi connectivity index (χ1) is 6.20. The van der Waals surface area contributed by atoms with Gasteiger partial charge >= 0.3 is 0 Å². The molecule has 3 N–H and O–H groups in total. The quantitative estimate of drug-likeness (QED) is 0.655. The van der Waals surface area contributed by atoms with Gasteiger partial charge in [0, 0.05) is 24.4 Å². The van der Waals surface area contributed by atoms with Gasteiger partial charge in [-0.15, -0.1) is 0 Å². The minimum Gasteiger partial charge on any atom is -0.366 e. The summed E-state index contributed by atoms with van der Waals surface area (Å²) >= 11 is 0. The molecule has 13 heavy (non-hydrogen) atoms. The van der Waals surface area contributed by atoms with Crippen molar-refractivity contribution in [1.82, 2.24) is 9.97 Å². The number of primary amides is 1. The molecule has 0 spiro atoms. The third kappa shape index (κ3) is 3.11. The van der Waals surface area contributed by atoms with Crippen LogP contribution in [-0.2, 0) is 11.2 Å². The third-order valence-corrected chi connectivity index (χ3v) is 1.80. The largest absolute Gasteiger partial charge is 0.366 e. The molecule has 0 radical (unpaired) electrons. The lowest BCUT2D eigenvalue weighted by Crippen LogP contribution is -2.13. The molecule has 1 amide bonds. The number of H-pyrrole nitrogens is 1. The van der Waals surface area contributed by atoms with E-state index < -0.39 is 5.91 Å². The lowest BCUT2D eigenvalue weighted by molar-refractivity contribution is -0.114. The highest BCUT2D eigenvalue weighted by Gasteiger charge is 2.01. The second kappa shape index (κ2) is 4.45. The fourth-order valence-corrected chi connectivity index (χ4v) is 1.03. The number of nitrogens with two attached hydrogens (primary N) is 1. The lowest BCUT2D eigenvalue weighted by Gasteiger charge is -1.98. The standard InChI is InChI=1S/C9H13N3O/c1-7(9(10)13)3-2-4-8-11-5-6-12-8/h5-6H,1-4H2,(H2,10,13)(H,11,12). The summed E-state index contributed by atoms with van der Waals surface area (Å²) in [4.78, 5) is 17.6. The van der Waals surface area contributed by atoms with E-state index in [-0.39, 0.29) is 0 Å². The summed E-state index contributed by atoms with van der Waals surface area (Å²) in [6.45, 7) is 3.57. The first-order valence-corrected chi connectivity index (χ1v) is 4.16. The maximum absolute atomic E-state index is 10.6. The SMILES string of the molecule is C=C(CCCc1ncc[nH]1)C(N)=O. The molecular weight excluding hydrogens is 166 g/mol. The first kappa shape index (κ1) is 9.51. The maximum atomic E-state index is 10.6. The van der Waals surface area contributed by atoms with E-state index in [1.165, 1.54) is 0 Å². The molecule has 1 heterocycles. The zero-order chi connectivity index (χ0) is 9.68. The van der Waals surface area contributed by atoms with Gasteiger partial charge in [0.25, 0.3) is 0 Å². The third-order valence-electron chi connectivity index (χ3n) is 1.80. The average Bonchev–Trinajstić information content (AvgIpc) is 2.56. The van der Waals surface area contributed by atoms with Crippen LogP contribution in [0.4, 0.5) is 0 Å². The van der Waals surface area contributed by atoms with Crippen LogP contribution in [0.3, 0.4) is 0 Å². The molecule has 1 rings (SSSR count). The molecule has 0 saturated heterocycles. The Kier molecular flexibility index (Phi) is 3.25. The monoisotopic (exact) mass is 179 g/mol. The van der Waals surface area contributed by atoms with Gasteiger partial charge < -0.3 is 10.7 Å². The van der Waals surface area contributed by atoms with Gasteiger partial charge in [0.05, 0.1) is 0 Å². The van der Waals surface area contributed by atoms with Crippen molar-refractivity contribution in [2.45, 2.75) is 19.3 Å². The highest BCUT2D eigenvalue weighted by Crippen LogP contribution is 2.04. The first-order valence-electron chi connectivity index (χ1n) is 4.16. The van der Waals surface area contributed by atoms with Crippen molar-refractivity contribution >= 4 is 5.91 Å². The van der Waals surface area contributed by atoms with Crippen molar-refractivity contribution in [2.75, 3.05) is 0 Å². The Labute approximate surface area is 76.9 Å². The Morgan fingerprint density at radius 1 is 1.69 bits per heavy atom. The Morgan fingerprint density at radius 2 is 2.46 bits per heavy atom. The zero-order valence-electron chi connectivity index (χ0n) is 7.42. The molecule has 4 nitrogen and oxygen atoms in total. The number of nitrogens with one attached hydrogen (secondary N) is 1. The highest BCUT2D eigenvalue weighted by molar-refractivity contribution is 5.91. The Morgan fingerprint density at radius 3 is 3.00 bits per heavy atom. The number of nitrogens with zero attached hydrogens (tertiary/aromatic N) is 1. The van der Waals surface area contributed by atoms with Crippen LogP contribution < -0.4 is 5.73 Å². The smallest absolute Gasteiger partial charge is 0.244 e. The summed E-state index contributed by atoms with van der Waals surface area (Å²) in [6.07, 6.45) is 5.78. The van der Waals surface area contributed by atoms with Gasteiger partial charge in [-0.3, -0.25) is 4.79 Å². The van der Waals surface area contributed by atoms with E-state index in [1.54, 1.807) is 12.4 Å². The molecule has 1 aromatic rings. The number of hydrogen-bond acceptors (Lipinski definition) is 2. The highest BCUT2D eigenvalue weighted by atomic mass is 16.1. The number of aromatic amines is 1. The number of imidazole rings is 1. The zero-order valence-corrected chi connectivity index (χ0v) is 7.42. The van der Waals surface area contributed by atoms with Crippen molar-refractivity contribution < 1.29 is 4.79 Å². The fourth-order valence-electron chi connectivity index (χ4n) is 1.03. The van der Waals surface area contributed by atoms with Crippen LogP contribution in [0.15, 0.2) is 24.5 Å². The minimum absolute atomic E-state index is 0.417. The van der Waals surface area contributed by atoms with Gasteiger partial charge in [-0.05, 0) is 12.8 Å². The van der Waals surface area contributed by atoms with Gasteiger partial charge in [0.15, 0.2) is 0 Å². The summed E-state index contributed by atoms with van der Waals surface area (Å²) in [5.41, 5.74) is 5.51. The van der Waals surface area contributed by atoms with Crippen molar-refractivity contribution in [2.24, 2.45) is 5.73 Å². The second-order valence-electron chi connectivity index (χ2n) is 2.86. The number of aromatic nitrogens is 2. The van der Waals surface area contributed by atoms with Crippen LogP contribution in [0.1, 0.15) is 18.7 Å². The van der Waals surface area contributed by atoms with Crippen LogP contribution in [0.25, 0.3) is 0 Å². The van der Waals surface area contributed by atoms with Crippen LogP contribution in [0, 0.1) is 0 Å². The van der Waals surface area contributed by atoms with Crippen molar-refractivity contribution in [1.29, 1.82) is 0 Å². The molecule has 0 aliphatic heterocycles. The molecule has 0 saturated carbocycles. The van der Waals surface area contributed by atoms with E-state index in [4.69, 9.17) is 5.73 Å². The predicted molar refractivity (Wildman–Crippen MR) is 49.9 cm³/mol. The Hall–Kier alpha value is -1.58. The van der Waals surface area contributed by atoms with Gasteiger partial charge in [0.1, 0.15) is 5.82 Å². The van der Waals surface area contributed by atoms with E-state index in [9.17, 15) is 4.79 Å². The number of rotatable bonds is 5. The second-order valence-corrected chi connectivity index (χ2v) is 2.86. The number of amides is 1. The summed E-state index contributed by atoms with van der Waals surface area (Å²) < 4.78 is 0. The molecule has 0 fully saturated rings. The van der Waals surface area contributed by atoms with Crippen molar-refractivity contribution in [3.05, 3.63) is 30.4 Å². The maximum Gasteiger partial charge on any atom is 0.244 e. The summed E-state index contributed by atoms with van der Waals surface area (Å²) in [7, 11) is 0. The van der Waals surface area contributed by atoms with Gasteiger partial charge in [-0.25, -0.2) is 4.98 Å². The number of hydrogen-bond donors (Lipinski definition) is 2. The molecular formula is C9H13N3O. The van der Waals surface area contributed by atoms with Crippen LogP contribution in [0.5, 0.6) is 0 Å². The number of carbonyl (C=O) groups is 1. The van der Waals surface area contributed by atoms with Crippen LogP contribution in [0.2, 0.25) is 0 Å². The molecule has 70 valence electrons. The van der Waals surface area contributed by atoms with E-state index in [1.807, 2.05) is 0 Å². The summed E-state index contributed by atoms with van der Waals surface area (Å²) in [6, 6.07) is 0. The van der Waals surface area contributed by atoms with E-state index >= 15 is 0 Å². The molecule has 4 heteroatoms. The fraction of sp³-hybridized carbons (Fsp3) is 0.333. The van der Waals surface area contributed by atoms with Crippen molar-refractivity contribution in [3.8, 4) is 0 Å². The molecule has 0 unspecified atom stereocenters. The Bertz CT molecular complexity index is 290. The van der Waals surface area contributed by atoms with Gasteiger partial charge in [-0.1, -0.05) is 6.58 Å². The molecule has 0 bridgehead atoms. The average molecular weight is 179 g/mol. The normalized spacial score (nSPS) is 9.85. The lowest BCUT2D eigenvalue weighted by atomic mass is 10.1. The molecule has 0 aromatic carbocycles. The van der Waals surface area contributed by atoms with Crippen LogP contribution in [-0.4, -0.2) is 15.9 Å². The van der Waals surface area contributed by atoms with Gasteiger partial charge in [0.2, 0.25) is 5.91 Å². The van der Waals surface area contributed by atoms with E-state index in [0.29, 0.717) is 12.0 Å². The number of aryl methyl sites for hydroxylation is 1. The summed E-state index contributed by atoms with van der Waals surface area (Å²) in [5.74, 6) is 0.511. The van der Waals surface area contributed by atoms with Crippen LogP contribution >= 0.6 is 0 Å². The molecule has 0 atom stereocenters. The molecule has 0 aliphatic rings. The molecule has 1 aromatic heterocycles.